The summed E-state index contributed by atoms with van der Waals surface area (Å²) in [5.41, 5.74) is 0. The fourth-order valence-electron chi connectivity index (χ4n) is 3.80. The van der Waals surface area contributed by atoms with Crippen LogP contribution in [0.5, 0.6) is 0 Å². The van der Waals surface area contributed by atoms with Crippen LogP contribution in [0, 0.1) is 11.8 Å². The molecular weight excluding hydrogens is 220 g/mol. The van der Waals surface area contributed by atoms with Gasteiger partial charge in [-0.05, 0) is 38.5 Å². The molecule has 1 heterocycles. The van der Waals surface area contributed by atoms with Gasteiger partial charge in [0, 0.05) is 25.6 Å². The Morgan fingerprint density at radius 3 is 2.39 bits per heavy atom. The lowest BCUT2D eigenvalue weighted by atomic mass is 9.71. The minimum Gasteiger partial charge on any atom is -0.355 e. The van der Waals surface area contributed by atoms with E-state index in [1.807, 2.05) is 20.9 Å². The smallest absolute Gasteiger partial charge is 0.0990 e. The van der Waals surface area contributed by atoms with Crippen molar-refractivity contribution in [3.05, 3.63) is 0 Å². The summed E-state index contributed by atoms with van der Waals surface area (Å²) in [7, 11) is 1.96. The van der Waals surface area contributed by atoms with Crippen LogP contribution in [0.1, 0.15) is 66.7 Å². The standard InChI is InChI=1S/C14H26N2.C2H6/c1-10(2)16-13-7-5-6-11(3)12(13)8-9-14(16)15-4;1-2/h10-13H,5-9H2,1-4H3;1-2H3. The molecule has 1 saturated heterocycles. The zero-order valence-corrected chi connectivity index (χ0v) is 13.2. The zero-order valence-electron chi connectivity index (χ0n) is 13.2. The summed E-state index contributed by atoms with van der Waals surface area (Å²) >= 11 is 0. The average Bonchev–Trinajstić information content (AvgIpc) is 2.39. The SMILES string of the molecule is CC.CN=C1CCC2C(C)CCCC2N1C(C)C. The summed E-state index contributed by atoms with van der Waals surface area (Å²) in [5, 5.41) is 0. The monoisotopic (exact) mass is 252 g/mol. The maximum atomic E-state index is 4.51. The van der Waals surface area contributed by atoms with Crippen LogP contribution in [-0.2, 0) is 0 Å². The molecule has 1 saturated carbocycles. The number of hydrogen-bond acceptors (Lipinski definition) is 1. The van der Waals surface area contributed by atoms with Gasteiger partial charge in [0.15, 0.2) is 0 Å². The molecule has 0 N–H and O–H groups in total. The number of aliphatic imine (C=N–C) groups is 1. The molecule has 2 aliphatic rings. The van der Waals surface area contributed by atoms with E-state index >= 15 is 0 Å². The molecule has 0 bridgehead atoms. The van der Waals surface area contributed by atoms with Gasteiger partial charge in [-0.3, -0.25) is 4.99 Å². The molecule has 0 aromatic rings. The van der Waals surface area contributed by atoms with Gasteiger partial charge >= 0.3 is 0 Å². The van der Waals surface area contributed by atoms with E-state index in [2.05, 4.69) is 30.7 Å². The Hall–Kier alpha value is -0.530. The van der Waals surface area contributed by atoms with Gasteiger partial charge in [0.05, 0.1) is 5.84 Å². The van der Waals surface area contributed by atoms with Gasteiger partial charge in [-0.2, -0.15) is 0 Å². The highest BCUT2D eigenvalue weighted by Gasteiger charge is 2.39. The van der Waals surface area contributed by atoms with E-state index in [0.29, 0.717) is 6.04 Å². The highest BCUT2D eigenvalue weighted by Crippen LogP contribution is 2.40. The quantitative estimate of drug-likeness (QED) is 0.677. The molecule has 0 radical (unpaired) electrons. The normalized spacial score (nSPS) is 34.1. The minimum absolute atomic E-state index is 0.608. The fourth-order valence-corrected chi connectivity index (χ4v) is 3.80. The fraction of sp³-hybridized carbons (Fsp3) is 0.938. The van der Waals surface area contributed by atoms with Crippen LogP contribution in [-0.4, -0.2) is 29.9 Å². The Kier molecular flexibility index (Phi) is 6.17. The highest BCUT2D eigenvalue weighted by molar-refractivity contribution is 5.83. The third-order valence-electron chi connectivity index (χ3n) is 4.56. The second kappa shape index (κ2) is 7.16. The maximum Gasteiger partial charge on any atom is 0.0990 e. The van der Waals surface area contributed by atoms with Gasteiger partial charge in [0.25, 0.3) is 0 Å². The summed E-state index contributed by atoms with van der Waals surface area (Å²) in [6.07, 6.45) is 6.78. The predicted molar refractivity (Wildman–Crippen MR) is 81.2 cm³/mol. The van der Waals surface area contributed by atoms with Crippen molar-refractivity contribution in [2.45, 2.75) is 78.8 Å². The Morgan fingerprint density at radius 1 is 1.17 bits per heavy atom. The van der Waals surface area contributed by atoms with E-state index in [9.17, 15) is 0 Å². The summed E-state index contributed by atoms with van der Waals surface area (Å²) < 4.78 is 0. The molecule has 1 aliphatic carbocycles. The number of piperidine rings is 1. The molecule has 2 fully saturated rings. The number of rotatable bonds is 1. The summed E-state index contributed by atoms with van der Waals surface area (Å²) in [5.74, 6) is 3.19. The molecule has 0 amide bonds. The number of likely N-dealkylation sites (tertiary alicyclic amines) is 1. The lowest BCUT2D eigenvalue weighted by Crippen LogP contribution is -2.54. The van der Waals surface area contributed by atoms with Crippen LogP contribution < -0.4 is 0 Å². The molecule has 106 valence electrons. The molecule has 2 rings (SSSR count). The number of hydrogen-bond donors (Lipinski definition) is 0. The van der Waals surface area contributed by atoms with Crippen LogP contribution >= 0.6 is 0 Å². The largest absolute Gasteiger partial charge is 0.355 e. The Morgan fingerprint density at radius 2 is 1.83 bits per heavy atom. The first kappa shape index (κ1) is 15.5. The lowest BCUT2D eigenvalue weighted by Gasteiger charge is -2.50. The van der Waals surface area contributed by atoms with E-state index in [0.717, 1.165) is 17.9 Å². The van der Waals surface area contributed by atoms with Crippen LogP contribution in [0.15, 0.2) is 4.99 Å². The van der Waals surface area contributed by atoms with Crippen LogP contribution in [0.25, 0.3) is 0 Å². The lowest BCUT2D eigenvalue weighted by molar-refractivity contribution is 0.0784. The Bertz CT molecular complexity index is 270. The van der Waals surface area contributed by atoms with Crippen LogP contribution in [0.4, 0.5) is 0 Å². The molecule has 0 aromatic carbocycles. The third kappa shape index (κ3) is 3.07. The first-order valence-electron chi connectivity index (χ1n) is 7.89. The third-order valence-corrected chi connectivity index (χ3v) is 4.56. The van der Waals surface area contributed by atoms with Crippen LogP contribution in [0.2, 0.25) is 0 Å². The van der Waals surface area contributed by atoms with Gasteiger partial charge in [0.2, 0.25) is 0 Å². The number of nitrogens with zero attached hydrogens (tertiary/aromatic N) is 2. The van der Waals surface area contributed by atoms with Gasteiger partial charge < -0.3 is 4.90 Å². The van der Waals surface area contributed by atoms with Crippen molar-refractivity contribution in [1.29, 1.82) is 0 Å². The number of amidine groups is 1. The molecule has 0 aromatic heterocycles. The van der Waals surface area contributed by atoms with Crippen molar-refractivity contribution in [3.8, 4) is 0 Å². The topological polar surface area (TPSA) is 15.6 Å². The average molecular weight is 252 g/mol. The van der Waals surface area contributed by atoms with Crippen molar-refractivity contribution < 1.29 is 0 Å². The Labute approximate surface area is 114 Å². The van der Waals surface area contributed by atoms with Crippen molar-refractivity contribution in [1.82, 2.24) is 4.90 Å². The zero-order chi connectivity index (χ0) is 13.7. The van der Waals surface area contributed by atoms with Crippen molar-refractivity contribution >= 4 is 5.84 Å². The molecule has 3 atom stereocenters. The molecule has 3 unspecified atom stereocenters. The summed E-state index contributed by atoms with van der Waals surface area (Å²) in [6, 6.07) is 1.38. The molecule has 2 heteroatoms. The van der Waals surface area contributed by atoms with E-state index in [4.69, 9.17) is 0 Å². The summed E-state index contributed by atoms with van der Waals surface area (Å²) in [6.45, 7) is 11.1. The van der Waals surface area contributed by atoms with Gasteiger partial charge in [-0.15, -0.1) is 0 Å². The van der Waals surface area contributed by atoms with E-state index < -0.39 is 0 Å². The molecule has 0 spiro atoms. The minimum atomic E-state index is 0.608. The second-order valence-electron chi connectivity index (χ2n) is 5.82. The Balaban J connectivity index is 0.000000771. The second-order valence-corrected chi connectivity index (χ2v) is 5.82. The van der Waals surface area contributed by atoms with Crippen LogP contribution in [0.3, 0.4) is 0 Å². The van der Waals surface area contributed by atoms with E-state index in [1.165, 1.54) is 37.9 Å². The number of fused-ring (bicyclic) bond motifs is 1. The molecule has 18 heavy (non-hydrogen) atoms. The first-order chi connectivity index (χ1) is 8.65. The first-order valence-corrected chi connectivity index (χ1v) is 7.89. The van der Waals surface area contributed by atoms with Crippen molar-refractivity contribution in [3.63, 3.8) is 0 Å². The van der Waals surface area contributed by atoms with Gasteiger partial charge in [-0.25, -0.2) is 0 Å². The van der Waals surface area contributed by atoms with E-state index in [-0.39, 0.29) is 0 Å². The van der Waals surface area contributed by atoms with Gasteiger partial charge in [0.1, 0.15) is 0 Å². The van der Waals surface area contributed by atoms with Gasteiger partial charge in [-0.1, -0.05) is 33.6 Å². The molecule has 2 nitrogen and oxygen atoms in total. The maximum absolute atomic E-state index is 4.51. The van der Waals surface area contributed by atoms with Crippen molar-refractivity contribution in [2.75, 3.05) is 7.05 Å². The predicted octanol–water partition coefficient (Wildman–Crippen LogP) is 4.35. The summed E-state index contributed by atoms with van der Waals surface area (Å²) in [4.78, 5) is 7.12. The van der Waals surface area contributed by atoms with E-state index in [1.54, 1.807) is 0 Å². The molecular formula is C16H32N2. The highest BCUT2D eigenvalue weighted by atomic mass is 15.2. The molecule has 1 aliphatic heterocycles. The van der Waals surface area contributed by atoms with Crippen molar-refractivity contribution in [2.24, 2.45) is 16.8 Å².